The Kier molecular flexibility index (Phi) is 4.97. The monoisotopic (exact) mass is 438 g/mol. The molecule has 0 amide bonds. The van der Waals surface area contributed by atoms with Crippen LogP contribution < -0.4 is 4.90 Å². The van der Waals surface area contributed by atoms with Gasteiger partial charge in [-0.1, -0.05) is 26.6 Å². The Morgan fingerprint density at radius 3 is 2.74 bits per heavy atom. The van der Waals surface area contributed by atoms with E-state index in [9.17, 15) is 0 Å². The van der Waals surface area contributed by atoms with Crippen LogP contribution in [0.25, 0.3) is 22.2 Å². The molecule has 0 aromatic carbocycles. The first-order valence-electron chi connectivity index (χ1n) is 11.5. The van der Waals surface area contributed by atoms with E-state index < -0.39 is 8.07 Å². The van der Waals surface area contributed by atoms with E-state index in [1.165, 1.54) is 12.8 Å². The van der Waals surface area contributed by atoms with Gasteiger partial charge >= 0.3 is 0 Å². The molecule has 1 aliphatic carbocycles. The van der Waals surface area contributed by atoms with Crippen LogP contribution in [0.3, 0.4) is 0 Å². The second-order valence-electron chi connectivity index (χ2n) is 10.7. The Balaban J connectivity index is 1.50. The maximum absolute atomic E-state index is 6.08. The zero-order valence-electron chi connectivity index (χ0n) is 19.4. The highest BCUT2D eigenvalue weighted by molar-refractivity contribution is 6.76. The van der Waals surface area contributed by atoms with E-state index in [0.717, 1.165) is 59.6 Å². The van der Waals surface area contributed by atoms with Crippen LogP contribution in [0, 0.1) is 11.3 Å². The normalized spacial score (nSPS) is 23.0. The van der Waals surface area contributed by atoms with Gasteiger partial charge < -0.3 is 14.2 Å². The first-order chi connectivity index (χ1) is 14.8. The summed E-state index contributed by atoms with van der Waals surface area (Å²) in [5, 5.41) is 5.53. The molecule has 2 atom stereocenters. The quantitative estimate of drug-likeness (QED) is 0.386. The summed E-state index contributed by atoms with van der Waals surface area (Å²) >= 11 is 0. The third kappa shape index (κ3) is 3.80. The number of hydrogen-bond acceptors (Lipinski definition) is 5. The van der Waals surface area contributed by atoms with Gasteiger partial charge in [-0.3, -0.25) is 4.68 Å². The lowest BCUT2D eigenvalue weighted by molar-refractivity contribution is 0.0899. The molecule has 0 spiro atoms. The molecule has 0 N–H and O–H groups in total. The summed E-state index contributed by atoms with van der Waals surface area (Å²) in [6, 6.07) is 1.16. The van der Waals surface area contributed by atoms with Crippen LogP contribution in [0.4, 0.5) is 5.82 Å². The minimum atomic E-state index is -1.11. The Morgan fingerprint density at radius 1 is 1.23 bits per heavy atom. The number of hydrogen-bond donors (Lipinski definition) is 0. The van der Waals surface area contributed by atoms with Crippen molar-refractivity contribution in [3.8, 4) is 11.1 Å². The second-order valence-corrected chi connectivity index (χ2v) is 16.3. The highest BCUT2D eigenvalue weighted by Crippen LogP contribution is 2.60. The second kappa shape index (κ2) is 7.45. The number of aromatic nitrogens is 5. The molecule has 1 aliphatic heterocycles. The van der Waals surface area contributed by atoms with Gasteiger partial charge in [0.2, 0.25) is 0 Å². The topological polar surface area (TPSA) is 61.0 Å². The van der Waals surface area contributed by atoms with Gasteiger partial charge in [0, 0.05) is 58.3 Å². The predicted octanol–water partition coefficient (Wildman–Crippen LogP) is 4.38. The molecule has 1 saturated heterocycles. The van der Waals surface area contributed by atoms with Crippen molar-refractivity contribution < 1.29 is 4.74 Å². The third-order valence-corrected chi connectivity index (χ3v) is 8.89. The van der Waals surface area contributed by atoms with Gasteiger partial charge in [-0.25, -0.2) is 9.97 Å². The van der Waals surface area contributed by atoms with Crippen molar-refractivity contribution in [2.75, 3.05) is 24.6 Å². The van der Waals surface area contributed by atoms with Crippen molar-refractivity contribution in [3.63, 3.8) is 0 Å². The Hall–Kier alpha value is -2.19. The van der Waals surface area contributed by atoms with Crippen LogP contribution in [0.5, 0.6) is 0 Å². The summed E-state index contributed by atoms with van der Waals surface area (Å²) in [5.41, 5.74) is 3.69. The van der Waals surface area contributed by atoms with Gasteiger partial charge in [0.1, 0.15) is 24.5 Å². The molecule has 4 heterocycles. The number of fused-ring (bicyclic) bond motifs is 2. The molecule has 0 radical (unpaired) electrons. The zero-order valence-corrected chi connectivity index (χ0v) is 20.4. The lowest BCUT2D eigenvalue weighted by Gasteiger charge is -2.22. The smallest absolute Gasteiger partial charge is 0.148 e. The average molecular weight is 439 g/mol. The number of ether oxygens (including phenoxy) is 1. The molecule has 31 heavy (non-hydrogen) atoms. The molecular formula is C23H34N6OSi. The van der Waals surface area contributed by atoms with Crippen LogP contribution >= 0.6 is 0 Å². The van der Waals surface area contributed by atoms with Crippen molar-refractivity contribution in [1.82, 2.24) is 24.3 Å². The van der Waals surface area contributed by atoms with Crippen molar-refractivity contribution in [2.24, 2.45) is 18.4 Å². The molecule has 166 valence electrons. The standard InChI is InChI=1S/C23H34N6OSi/c1-6-23-9-18(23)12-28(14-23)21-20-19(17-10-26-27(2)11-17)13-29(22(20)25-15-24-21)16-30-7-8-31(3,4)5/h10-11,13,15,18H,6-9,12,14,16H2,1-5H3. The summed E-state index contributed by atoms with van der Waals surface area (Å²) in [6.07, 6.45) is 10.5. The molecule has 2 aliphatic rings. The van der Waals surface area contributed by atoms with E-state index in [-0.39, 0.29) is 0 Å². The fraction of sp³-hybridized carbons (Fsp3) is 0.609. The van der Waals surface area contributed by atoms with Crippen molar-refractivity contribution in [1.29, 1.82) is 0 Å². The molecular weight excluding hydrogens is 404 g/mol. The van der Waals surface area contributed by atoms with E-state index in [2.05, 4.69) is 58.5 Å². The van der Waals surface area contributed by atoms with Gasteiger partial charge in [0.15, 0.2) is 0 Å². The minimum absolute atomic E-state index is 0.508. The molecule has 2 fully saturated rings. The molecule has 7 nitrogen and oxygen atoms in total. The van der Waals surface area contributed by atoms with E-state index >= 15 is 0 Å². The lowest BCUT2D eigenvalue weighted by Crippen LogP contribution is -2.25. The average Bonchev–Trinajstić information content (AvgIpc) is 3.07. The van der Waals surface area contributed by atoms with E-state index in [4.69, 9.17) is 9.72 Å². The Labute approximate surface area is 185 Å². The van der Waals surface area contributed by atoms with Crippen LogP contribution in [0.2, 0.25) is 25.7 Å². The lowest BCUT2D eigenvalue weighted by atomic mass is 10.0. The number of anilines is 1. The minimum Gasteiger partial charge on any atom is -0.361 e. The first-order valence-corrected chi connectivity index (χ1v) is 15.2. The first kappa shape index (κ1) is 20.7. The molecule has 8 heteroatoms. The van der Waals surface area contributed by atoms with Crippen molar-refractivity contribution >= 4 is 24.9 Å². The predicted molar refractivity (Wildman–Crippen MR) is 127 cm³/mol. The van der Waals surface area contributed by atoms with Gasteiger partial charge in [0.25, 0.3) is 0 Å². The molecule has 0 bridgehead atoms. The number of rotatable bonds is 8. The van der Waals surface area contributed by atoms with Crippen LogP contribution in [-0.4, -0.2) is 52.1 Å². The van der Waals surface area contributed by atoms with E-state index in [1.54, 1.807) is 6.33 Å². The summed E-state index contributed by atoms with van der Waals surface area (Å²) < 4.78 is 10.1. The van der Waals surface area contributed by atoms with Gasteiger partial charge in [-0.05, 0) is 30.2 Å². The van der Waals surface area contributed by atoms with Crippen LogP contribution in [0.15, 0.2) is 24.9 Å². The summed E-state index contributed by atoms with van der Waals surface area (Å²) in [7, 11) is 0.846. The summed E-state index contributed by atoms with van der Waals surface area (Å²) in [6.45, 7) is 13.0. The zero-order chi connectivity index (χ0) is 21.8. The highest BCUT2D eigenvalue weighted by Gasteiger charge is 2.58. The van der Waals surface area contributed by atoms with Gasteiger partial charge in [-0.15, -0.1) is 0 Å². The third-order valence-electron chi connectivity index (χ3n) is 7.19. The molecule has 3 aromatic heterocycles. The number of aryl methyl sites for hydroxylation is 1. The maximum atomic E-state index is 6.08. The number of nitrogens with zero attached hydrogens (tertiary/aromatic N) is 6. The van der Waals surface area contributed by atoms with Crippen LogP contribution in [-0.2, 0) is 18.5 Å². The molecule has 1 saturated carbocycles. The molecule has 3 aromatic rings. The summed E-state index contributed by atoms with van der Waals surface area (Å²) in [5.74, 6) is 1.88. The maximum Gasteiger partial charge on any atom is 0.148 e. The van der Waals surface area contributed by atoms with Crippen molar-refractivity contribution in [3.05, 3.63) is 24.9 Å². The fourth-order valence-corrected chi connectivity index (χ4v) is 5.82. The Morgan fingerprint density at radius 2 is 2.06 bits per heavy atom. The van der Waals surface area contributed by atoms with Crippen LogP contribution in [0.1, 0.15) is 19.8 Å². The van der Waals surface area contributed by atoms with E-state index in [1.807, 2.05) is 17.9 Å². The highest BCUT2D eigenvalue weighted by atomic mass is 28.3. The Bertz CT molecular complexity index is 1100. The molecule has 5 rings (SSSR count). The van der Waals surface area contributed by atoms with Gasteiger partial charge in [0.05, 0.1) is 11.6 Å². The van der Waals surface area contributed by atoms with Gasteiger partial charge in [-0.2, -0.15) is 5.10 Å². The molecule has 2 unspecified atom stereocenters. The van der Waals surface area contributed by atoms with E-state index in [0.29, 0.717) is 12.1 Å². The summed E-state index contributed by atoms with van der Waals surface area (Å²) in [4.78, 5) is 12.0. The number of piperidine rings is 1. The fourth-order valence-electron chi connectivity index (χ4n) is 5.07. The van der Waals surface area contributed by atoms with Crippen molar-refractivity contribution in [2.45, 2.75) is 52.2 Å². The SMILES string of the molecule is CCC12CC1CN(c1ncnc3c1c(-c1cnn(C)c1)cn3COCC[Si](C)(C)C)C2. The largest absolute Gasteiger partial charge is 0.361 e.